The van der Waals surface area contributed by atoms with Crippen molar-refractivity contribution >= 4 is 33.6 Å². The Hall–Kier alpha value is -2.34. The molecule has 6 heteroatoms. The second-order valence-electron chi connectivity index (χ2n) is 5.77. The van der Waals surface area contributed by atoms with Crippen LogP contribution in [-0.2, 0) is 22.6 Å². The summed E-state index contributed by atoms with van der Waals surface area (Å²) in [5, 5.41) is 2.73. The van der Waals surface area contributed by atoms with Gasteiger partial charge in [-0.05, 0) is 30.0 Å². The average molecular weight is 403 g/mol. The number of hydrogen-bond donors (Lipinski definition) is 1. The zero-order chi connectivity index (χ0) is 17.6. The highest BCUT2D eigenvalue weighted by Crippen LogP contribution is 2.31. The molecule has 1 heterocycles. The number of para-hydroxylation sites is 1. The van der Waals surface area contributed by atoms with E-state index in [4.69, 9.17) is 4.74 Å². The van der Waals surface area contributed by atoms with Gasteiger partial charge in [-0.1, -0.05) is 64.5 Å². The van der Waals surface area contributed by atoms with E-state index in [0.717, 1.165) is 23.2 Å². The molecule has 1 N–H and O–H groups in total. The Bertz CT molecular complexity index is 751. The number of nitrogens with zero attached hydrogens (tertiary/aromatic N) is 1. The molecule has 2 amide bonds. The molecule has 5 nitrogen and oxygen atoms in total. The van der Waals surface area contributed by atoms with Crippen LogP contribution in [-0.4, -0.2) is 23.5 Å². The summed E-state index contributed by atoms with van der Waals surface area (Å²) in [6.07, 6.45) is 0.806. The third kappa shape index (κ3) is 4.02. The molecular weight excluding hydrogens is 384 g/mol. The molecule has 1 atom stereocenters. The number of anilines is 1. The molecule has 0 aromatic heterocycles. The number of carbonyl (C=O) groups is 2. The Kier molecular flexibility index (Phi) is 5.71. The predicted molar refractivity (Wildman–Crippen MR) is 99.6 cm³/mol. The molecule has 0 fully saturated rings. The standard InChI is InChI=1S/C19H19BrN2O3/c20-13-21-18(23)17-11-10-15-8-4-5-9-16(15)22(17)19(24)25-12-14-6-2-1-3-7-14/h1-9,17H,10-13H2,(H,21,23). The SMILES string of the molecule is O=C(NCBr)C1CCc2ccccc2N1C(=O)OCc1ccccc1. The molecule has 0 radical (unpaired) electrons. The van der Waals surface area contributed by atoms with Crippen molar-refractivity contribution in [3.8, 4) is 0 Å². The summed E-state index contributed by atoms with van der Waals surface area (Å²) in [5.74, 6) is -0.192. The predicted octanol–water partition coefficient (Wildman–Crippen LogP) is 3.61. The number of nitrogens with one attached hydrogen (secondary N) is 1. The number of hydrogen-bond acceptors (Lipinski definition) is 3. The van der Waals surface area contributed by atoms with Crippen LogP contribution in [0, 0.1) is 0 Å². The largest absolute Gasteiger partial charge is 0.444 e. The molecule has 0 spiro atoms. The number of alkyl halides is 1. The maximum atomic E-state index is 12.8. The van der Waals surface area contributed by atoms with E-state index in [1.54, 1.807) is 0 Å². The third-order valence-corrected chi connectivity index (χ3v) is 4.48. The fraction of sp³-hybridized carbons (Fsp3) is 0.263. The van der Waals surface area contributed by atoms with Crippen LogP contribution >= 0.6 is 15.9 Å². The van der Waals surface area contributed by atoms with Gasteiger partial charge in [-0.3, -0.25) is 9.69 Å². The minimum absolute atomic E-state index is 0.172. The van der Waals surface area contributed by atoms with Gasteiger partial charge in [-0.15, -0.1) is 0 Å². The molecule has 25 heavy (non-hydrogen) atoms. The molecule has 2 aromatic carbocycles. The van der Waals surface area contributed by atoms with E-state index in [2.05, 4.69) is 21.2 Å². The number of rotatable bonds is 4. The molecule has 130 valence electrons. The van der Waals surface area contributed by atoms with Crippen LogP contribution in [0.3, 0.4) is 0 Å². The summed E-state index contributed by atoms with van der Waals surface area (Å²) < 4.78 is 5.48. The Labute approximate surface area is 155 Å². The molecule has 1 aliphatic heterocycles. The summed E-state index contributed by atoms with van der Waals surface area (Å²) in [6, 6.07) is 16.5. The van der Waals surface area contributed by atoms with Crippen LogP contribution in [0.25, 0.3) is 0 Å². The smallest absolute Gasteiger partial charge is 0.415 e. The van der Waals surface area contributed by atoms with Gasteiger partial charge >= 0.3 is 6.09 Å². The number of aryl methyl sites for hydroxylation is 1. The number of fused-ring (bicyclic) bond motifs is 1. The summed E-state index contributed by atoms with van der Waals surface area (Å²) in [5.41, 5.74) is 3.03. The van der Waals surface area contributed by atoms with Gasteiger partial charge in [0.1, 0.15) is 12.6 Å². The Morgan fingerprint density at radius 3 is 2.60 bits per heavy atom. The zero-order valence-electron chi connectivity index (χ0n) is 13.7. The number of ether oxygens (including phenoxy) is 1. The lowest BCUT2D eigenvalue weighted by Crippen LogP contribution is -2.52. The van der Waals surface area contributed by atoms with E-state index < -0.39 is 12.1 Å². The second kappa shape index (κ2) is 8.16. The Morgan fingerprint density at radius 1 is 1.12 bits per heavy atom. The molecule has 2 aromatic rings. The summed E-state index contributed by atoms with van der Waals surface area (Å²) in [4.78, 5) is 26.6. The van der Waals surface area contributed by atoms with Gasteiger partial charge in [-0.25, -0.2) is 4.79 Å². The van der Waals surface area contributed by atoms with Crippen molar-refractivity contribution in [2.45, 2.75) is 25.5 Å². The van der Waals surface area contributed by atoms with Crippen LogP contribution in [0.4, 0.5) is 10.5 Å². The summed E-state index contributed by atoms with van der Waals surface area (Å²) in [7, 11) is 0. The van der Waals surface area contributed by atoms with E-state index in [9.17, 15) is 9.59 Å². The van der Waals surface area contributed by atoms with Crippen molar-refractivity contribution in [3.05, 3.63) is 65.7 Å². The van der Waals surface area contributed by atoms with Crippen LogP contribution in [0.5, 0.6) is 0 Å². The Morgan fingerprint density at radius 2 is 1.84 bits per heavy atom. The third-order valence-electron chi connectivity index (χ3n) is 4.20. The molecular formula is C19H19BrN2O3. The van der Waals surface area contributed by atoms with E-state index in [1.807, 2.05) is 54.6 Å². The van der Waals surface area contributed by atoms with E-state index >= 15 is 0 Å². The van der Waals surface area contributed by atoms with E-state index in [1.165, 1.54) is 4.90 Å². The molecule has 0 saturated carbocycles. The maximum absolute atomic E-state index is 12.8. The maximum Gasteiger partial charge on any atom is 0.415 e. The van der Waals surface area contributed by atoms with E-state index in [0.29, 0.717) is 11.9 Å². The van der Waals surface area contributed by atoms with Gasteiger partial charge in [0.25, 0.3) is 0 Å². The first kappa shape index (κ1) is 17.5. The van der Waals surface area contributed by atoms with Crippen LogP contribution in [0.15, 0.2) is 54.6 Å². The van der Waals surface area contributed by atoms with Crippen molar-refractivity contribution in [2.24, 2.45) is 0 Å². The van der Waals surface area contributed by atoms with Gasteiger partial charge in [0.15, 0.2) is 0 Å². The quantitative estimate of drug-likeness (QED) is 0.627. The van der Waals surface area contributed by atoms with Crippen molar-refractivity contribution in [2.75, 3.05) is 10.4 Å². The molecule has 0 saturated heterocycles. The highest BCUT2D eigenvalue weighted by Gasteiger charge is 2.36. The average Bonchev–Trinajstić information content (AvgIpc) is 2.66. The highest BCUT2D eigenvalue weighted by atomic mass is 79.9. The first-order valence-electron chi connectivity index (χ1n) is 8.12. The number of halogens is 1. The molecule has 1 aliphatic rings. The second-order valence-corrected chi connectivity index (χ2v) is 6.33. The monoisotopic (exact) mass is 402 g/mol. The van der Waals surface area contributed by atoms with Crippen molar-refractivity contribution < 1.29 is 14.3 Å². The molecule has 0 bridgehead atoms. The first-order valence-corrected chi connectivity index (χ1v) is 9.24. The van der Waals surface area contributed by atoms with Crippen LogP contribution in [0.2, 0.25) is 0 Å². The summed E-state index contributed by atoms with van der Waals surface area (Å²) >= 11 is 3.20. The van der Waals surface area contributed by atoms with Gasteiger partial charge in [0, 0.05) is 0 Å². The van der Waals surface area contributed by atoms with Gasteiger partial charge in [0.05, 0.1) is 11.1 Å². The number of amides is 2. The lowest BCUT2D eigenvalue weighted by atomic mass is 9.95. The Balaban J connectivity index is 1.82. The minimum atomic E-state index is -0.573. The van der Waals surface area contributed by atoms with E-state index in [-0.39, 0.29) is 12.5 Å². The first-order chi connectivity index (χ1) is 12.2. The zero-order valence-corrected chi connectivity index (χ0v) is 15.2. The fourth-order valence-electron chi connectivity index (χ4n) is 2.99. The molecule has 3 rings (SSSR count). The van der Waals surface area contributed by atoms with Crippen LogP contribution < -0.4 is 10.2 Å². The normalized spacial score (nSPS) is 16.0. The van der Waals surface area contributed by atoms with Gasteiger partial charge in [0.2, 0.25) is 5.91 Å². The van der Waals surface area contributed by atoms with Gasteiger partial charge in [-0.2, -0.15) is 0 Å². The number of benzene rings is 2. The van der Waals surface area contributed by atoms with Gasteiger partial charge < -0.3 is 10.1 Å². The van der Waals surface area contributed by atoms with Crippen molar-refractivity contribution in [1.29, 1.82) is 0 Å². The van der Waals surface area contributed by atoms with Crippen LogP contribution in [0.1, 0.15) is 17.5 Å². The molecule has 1 unspecified atom stereocenters. The minimum Gasteiger partial charge on any atom is -0.444 e. The van der Waals surface area contributed by atoms with Crippen molar-refractivity contribution in [1.82, 2.24) is 5.32 Å². The molecule has 0 aliphatic carbocycles. The lowest BCUT2D eigenvalue weighted by Gasteiger charge is -2.35. The lowest BCUT2D eigenvalue weighted by molar-refractivity contribution is -0.122. The fourth-order valence-corrected chi connectivity index (χ4v) is 3.27. The van der Waals surface area contributed by atoms with Crippen molar-refractivity contribution in [3.63, 3.8) is 0 Å². The summed E-state index contributed by atoms with van der Waals surface area (Å²) in [6.45, 7) is 0.172. The topological polar surface area (TPSA) is 58.6 Å². The number of carbonyl (C=O) groups excluding carboxylic acids is 2. The highest BCUT2D eigenvalue weighted by molar-refractivity contribution is 9.09.